The maximum atomic E-state index is 12.8. The fraction of sp³-hybridized carbons (Fsp3) is 0.529. The van der Waals surface area contributed by atoms with Crippen molar-refractivity contribution in [3.8, 4) is 0 Å². The van der Waals surface area contributed by atoms with Crippen LogP contribution in [-0.2, 0) is 6.54 Å². The molecule has 1 aromatic carbocycles. The number of alkyl halides is 3. The van der Waals surface area contributed by atoms with Gasteiger partial charge in [-0.25, -0.2) is 0 Å². The fourth-order valence-corrected chi connectivity index (χ4v) is 4.06. The predicted molar refractivity (Wildman–Crippen MR) is 97.2 cm³/mol. The SMILES string of the molecule is CC1(O)CCC(Nc2cccc3c2cc(I)n3CC(F)(F)F)CC1. The molecule has 2 N–H and O–H groups in total. The molecular formula is C17H20F3IN2O. The Balaban J connectivity index is 1.86. The van der Waals surface area contributed by atoms with E-state index in [2.05, 4.69) is 5.32 Å². The van der Waals surface area contributed by atoms with Crippen molar-refractivity contribution in [1.82, 2.24) is 4.57 Å². The van der Waals surface area contributed by atoms with Gasteiger partial charge in [0.25, 0.3) is 0 Å². The summed E-state index contributed by atoms with van der Waals surface area (Å²) in [5, 5.41) is 14.3. The highest BCUT2D eigenvalue weighted by Crippen LogP contribution is 2.34. The first-order chi connectivity index (χ1) is 11.1. The van der Waals surface area contributed by atoms with Gasteiger partial charge in [-0.05, 0) is 73.4 Å². The molecule has 0 saturated heterocycles. The molecule has 7 heteroatoms. The van der Waals surface area contributed by atoms with Crippen LogP contribution in [-0.4, -0.2) is 27.5 Å². The summed E-state index contributed by atoms with van der Waals surface area (Å²) in [6.07, 6.45) is -1.09. The lowest BCUT2D eigenvalue weighted by Crippen LogP contribution is -2.35. The van der Waals surface area contributed by atoms with Crippen LogP contribution in [0.3, 0.4) is 0 Å². The molecule has 0 spiro atoms. The van der Waals surface area contributed by atoms with Gasteiger partial charge in [-0.2, -0.15) is 13.2 Å². The van der Waals surface area contributed by atoms with Crippen LogP contribution in [0.1, 0.15) is 32.6 Å². The number of rotatable bonds is 3. The van der Waals surface area contributed by atoms with Gasteiger partial charge in [-0.3, -0.25) is 0 Å². The molecule has 1 aromatic heterocycles. The number of nitrogens with zero attached hydrogens (tertiary/aromatic N) is 1. The van der Waals surface area contributed by atoms with E-state index in [1.54, 1.807) is 18.2 Å². The number of nitrogens with one attached hydrogen (secondary N) is 1. The average molecular weight is 452 g/mol. The lowest BCUT2D eigenvalue weighted by atomic mass is 9.83. The number of fused-ring (bicyclic) bond motifs is 1. The third-order valence-corrected chi connectivity index (χ3v) is 5.55. The van der Waals surface area contributed by atoms with Crippen molar-refractivity contribution in [1.29, 1.82) is 0 Å². The maximum absolute atomic E-state index is 12.8. The zero-order chi connectivity index (χ0) is 17.5. The fourth-order valence-electron chi connectivity index (χ4n) is 3.32. The summed E-state index contributed by atoms with van der Waals surface area (Å²) in [4.78, 5) is 0. The minimum Gasteiger partial charge on any atom is -0.390 e. The molecule has 1 fully saturated rings. The van der Waals surface area contributed by atoms with E-state index in [4.69, 9.17) is 0 Å². The Morgan fingerprint density at radius 2 is 2.00 bits per heavy atom. The number of aliphatic hydroxyl groups is 1. The molecular weight excluding hydrogens is 432 g/mol. The van der Waals surface area contributed by atoms with Crippen LogP contribution in [0.4, 0.5) is 18.9 Å². The molecule has 24 heavy (non-hydrogen) atoms. The molecule has 132 valence electrons. The van der Waals surface area contributed by atoms with Gasteiger partial charge in [-0.1, -0.05) is 6.07 Å². The summed E-state index contributed by atoms with van der Waals surface area (Å²) >= 11 is 1.95. The first kappa shape index (κ1) is 17.8. The zero-order valence-electron chi connectivity index (χ0n) is 13.3. The molecule has 0 amide bonds. The van der Waals surface area contributed by atoms with E-state index in [0.29, 0.717) is 9.22 Å². The zero-order valence-corrected chi connectivity index (χ0v) is 15.5. The van der Waals surface area contributed by atoms with Crippen LogP contribution in [0.5, 0.6) is 0 Å². The summed E-state index contributed by atoms with van der Waals surface area (Å²) in [6, 6.07) is 7.44. The molecule has 3 nitrogen and oxygen atoms in total. The second-order valence-corrected chi connectivity index (χ2v) is 7.93. The summed E-state index contributed by atoms with van der Waals surface area (Å²) in [5.41, 5.74) is 0.845. The normalized spacial score (nSPS) is 25.2. The lowest BCUT2D eigenvalue weighted by Gasteiger charge is -2.34. The molecule has 0 unspecified atom stereocenters. The van der Waals surface area contributed by atoms with Crippen molar-refractivity contribution in [2.24, 2.45) is 0 Å². The van der Waals surface area contributed by atoms with E-state index in [1.165, 1.54) is 4.57 Å². The number of anilines is 1. The Morgan fingerprint density at radius 1 is 1.33 bits per heavy atom. The summed E-state index contributed by atoms with van der Waals surface area (Å²) in [6.45, 7) is 0.869. The molecule has 1 aliphatic rings. The number of aromatic nitrogens is 1. The Hall–Kier alpha value is -0.960. The van der Waals surface area contributed by atoms with Gasteiger partial charge in [0.2, 0.25) is 0 Å². The van der Waals surface area contributed by atoms with Crippen molar-refractivity contribution in [2.45, 2.75) is 57.0 Å². The summed E-state index contributed by atoms with van der Waals surface area (Å²) in [7, 11) is 0. The van der Waals surface area contributed by atoms with Gasteiger partial charge in [0.05, 0.1) is 14.8 Å². The van der Waals surface area contributed by atoms with Crippen molar-refractivity contribution in [2.75, 3.05) is 5.32 Å². The molecule has 2 aromatic rings. The molecule has 3 rings (SSSR count). The van der Waals surface area contributed by atoms with Gasteiger partial charge >= 0.3 is 6.18 Å². The van der Waals surface area contributed by atoms with Crippen LogP contribution in [0.25, 0.3) is 10.9 Å². The minimum absolute atomic E-state index is 0.236. The third kappa shape index (κ3) is 3.99. The monoisotopic (exact) mass is 452 g/mol. The van der Waals surface area contributed by atoms with Gasteiger partial charge in [0.15, 0.2) is 0 Å². The summed E-state index contributed by atoms with van der Waals surface area (Å²) in [5.74, 6) is 0. The van der Waals surface area contributed by atoms with E-state index in [1.807, 2.05) is 35.6 Å². The molecule has 0 radical (unpaired) electrons. The van der Waals surface area contributed by atoms with E-state index >= 15 is 0 Å². The van der Waals surface area contributed by atoms with E-state index in [9.17, 15) is 18.3 Å². The second-order valence-electron chi connectivity index (χ2n) is 6.82. The predicted octanol–water partition coefficient (Wildman–Crippen LogP) is 4.91. The van der Waals surface area contributed by atoms with E-state index in [-0.39, 0.29) is 6.04 Å². The molecule has 1 saturated carbocycles. The quantitative estimate of drug-likeness (QED) is 0.650. The van der Waals surface area contributed by atoms with Crippen LogP contribution < -0.4 is 5.32 Å². The first-order valence-corrected chi connectivity index (χ1v) is 9.06. The third-order valence-electron chi connectivity index (χ3n) is 4.65. The number of halogens is 4. The van der Waals surface area contributed by atoms with Crippen LogP contribution >= 0.6 is 22.6 Å². The van der Waals surface area contributed by atoms with Crippen LogP contribution in [0.2, 0.25) is 0 Å². The van der Waals surface area contributed by atoms with E-state index < -0.39 is 18.3 Å². The van der Waals surface area contributed by atoms with Crippen molar-refractivity contribution < 1.29 is 18.3 Å². The molecule has 0 bridgehead atoms. The summed E-state index contributed by atoms with van der Waals surface area (Å²) < 4.78 is 40.3. The smallest absolute Gasteiger partial charge is 0.390 e. The largest absolute Gasteiger partial charge is 0.406 e. The Kier molecular flexibility index (Phi) is 4.76. The topological polar surface area (TPSA) is 37.2 Å². The Bertz CT molecular complexity index is 729. The van der Waals surface area contributed by atoms with Gasteiger partial charge < -0.3 is 15.0 Å². The lowest BCUT2D eigenvalue weighted by molar-refractivity contribution is -0.140. The van der Waals surface area contributed by atoms with Gasteiger partial charge in [-0.15, -0.1) is 0 Å². The maximum Gasteiger partial charge on any atom is 0.406 e. The highest BCUT2D eigenvalue weighted by Gasteiger charge is 2.31. The highest BCUT2D eigenvalue weighted by molar-refractivity contribution is 14.1. The van der Waals surface area contributed by atoms with Crippen LogP contribution in [0.15, 0.2) is 24.3 Å². The van der Waals surface area contributed by atoms with E-state index in [0.717, 1.165) is 36.8 Å². The molecule has 1 heterocycles. The van der Waals surface area contributed by atoms with Crippen molar-refractivity contribution >= 4 is 39.2 Å². The standard InChI is InChI=1S/C17H20F3IN2O/c1-16(24)7-5-11(6-8-16)22-13-3-2-4-14-12(13)9-15(21)23(14)10-17(18,19)20/h2-4,9,11,22,24H,5-8,10H2,1H3. The van der Waals surface area contributed by atoms with Crippen molar-refractivity contribution in [3.05, 3.63) is 28.0 Å². The number of hydrogen-bond acceptors (Lipinski definition) is 2. The Labute approximate surface area is 152 Å². The molecule has 0 atom stereocenters. The first-order valence-electron chi connectivity index (χ1n) is 7.98. The number of hydrogen-bond donors (Lipinski definition) is 2. The second kappa shape index (κ2) is 6.40. The molecule has 1 aliphatic carbocycles. The average Bonchev–Trinajstić information content (AvgIpc) is 2.77. The van der Waals surface area contributed by atoms with Gasteiger partial charge in [0.1, 0.15) is 6.54 Å². The van der Waals surface area contributed by atoms with Gasteiger partial charge in [0, 0.05) is 17.1 Å². The minimum atomic E-state index is -4.25. The Morgan fingerprint density at radius 3 is 2.62 bits per heavy atom. The highest BCUT2D eigenvalue weighted by atomic mass is 127. The number of benzene rings is 1. The van der Waals surface area contributed by atoms with Crippen LogP contribution in [0, 0.1) is 3.70 Å². The molecule has 0 aliphatic heterocycles. The van der Waals surface area contributed by atoms with Crippen molar-refractivity contribution in [3.63, 3.8) is 0 Å².